The molecule has 1 aromatic heterocycles. The van der Waals surface area contributed by atoms with E-state index in [0.29, 0.717) is 31.5 Å². The maximum atomic E-state index is 14.3. The Labute approximate surface area is 174 Å². The lowest BCUT2D eigenvalue weighted by Crippen LogP contribution is -2.51. The van der Waals surface area contributed by atoms with Gasteiger partial charge in [-0.1, -0.05) is 6.07 Å². The van der Waals surface area contributed by atoms with Crippen LogP contribution in [0.1, 0.15) is 37.4 Å². The lowest BCUT2D eigenvalue weighted by Gasteiger charge is -2.41. The zero-order valence-corrected chi connectivity index (χ0v) is 16.9. The number of hydrogen-bond donors (Lipinski definition) is 0. The summed E-state index contributed by atoms with van der Waals surface area (Å²) in [6.45, 7) is 2.55. The summed E-state index contributed by atoms with van der Waals surface area (Å²) in [6, 6.07) is 3.32. The van der Waals surface area contributed by atoms with E-state index in [2.05, 4.69) is 9.97 Å². The number of amides is 1. The Balaban J connectivity index is 1.76. The van der Waals surface area contributed by atoms with E-state index in [4.69, 9.17) is 4.74 Å². The highest BCUT2D eigenvalue weighted by molar-refractivity contribution is 5.81. The summed E-state index contributed by atoms with van der Waals surface area (Å²) in [4.78, 5) is 35.5. The predicted molar refractivity (Wildman–Crippen MR) is 105 cm³/mol. The number of likely N-dealkylation sites (tertiary alicyclic amines) is 1. The zero-order valence-electron chi connectivity index (χ0n) is 16.9. The molecule has 0 saturated carbocycles. The number of aryl methyl sites for hydroxylation is 1. The predicted octanol–water partition coefficient (Wildman–Crippen LogP) is 3.10. The number of carbonyl (C=O) groups excluding carboxylic acids is 2. The summed E-state index contributed by atoms with van der Waals surface area (Å²) in [5, 5.41) is 0. The van der Waals surface area contributed by atoms with E-state index in [0.717, 1.165) is 6.07 Å². The molecule has 30 heavy (non-hydrogen) atoms. The average molecular weight is 417 g/mol. The molecular formula is C22H25F2N3O3. The number of carbonyl (C=O) groups is 2. The van der Waals surface area contributed by atoms with Crippen molar-refractivity contribution in [3.05, 3.63) is 59.7 Å². The molecule has 1 aromatic carbocycles. The smallest absolute Gasteiger partial charge is 0.314 e. The van der Waals surface area contributed by atoms with Crippen LogP contribution in [0.25, 0.3) is 0 Å². The van der Waals surface area contributed by atoms with Crippen molar-refractivity contribution in [1.29, 1.82) is 0 Å². The topological polar surface area (TPSA) is 72.4 Å². The van der Waals surface area contributed by atoms with Crippen LogP contribution >= 0.6 is 0 Å². The molecule has 160 valence electrons. The molecule has 3 rings (SSSR count). The van der Waals surface area contributed by atoms with Crippen LogP contribution in [-0.2, 0) is 27.2 Å². The average Bonchev–Trinajstić information content (AvgIpc) is 2.75. The van der Waals surface area contributed by atoms with Crippen LogP contribution in [0.5, 0.6) is 0 Å². The van der Waals surface area contributed by atoms with Crippen molar-refractivity contribution in [3.63, 3.8) is 0 Å². The van der Waals surface area contributed by atoms with Crippen LogP contribution in [0.4, 0.5) is 8.78 Å². The zero-order chi connectivity index (χ0) is 21.6. The van der Waals surface area contributed by atoms with Crippen LogP contribution in [0.3, 0.4) is 0 Å². The first-order valence-corrected chi connectivity index (χ1v) is 10.1. The number of rotatable bonds is 7. The van der Waals surface area contributed by atoms with Crippen molar-refractivity contribution in [1.82, 2.24) is 14.9 Å². The van der Waals surface area contributed by atoms with Gasteiger partial charge in [-0.2, -0.15) is 0 Å². The lowest BCUT2D eigenvalue weighted by molar-refractivity contribution is -0.160. The van der Waals surface area contributed by atoms with Crippen molar-refractivity contribution in [2.24, 2.45) is 5.41 Å². The Bertz CT molecular complexity index is 894. The van der Waals surface area contributed by atoms with Gasteiger partial charge in [0.2, 0.25) is 5.91 Å². The molecule has 0 unspecified atom stereocenters. The van der Waals surface area contributed by atoms with Crippen LogP contribution in [0, 0.1) is 17.0 Å². The molecule has 1 saturated heterocycles. The largest absolute Gasteiger partial charge is 0.466 e. The molecule has 2 aromatic rings. The van der Waals surface area contributed by atoms with Gasteiger partial charge in [-0.15, -0.1) is 0 Å². The normalized spacial score (nSPS) is 18.8. The standard InChI is InChI=1S/C22H25F2N3O3/c1-2-30-21(29)22(13-16-4-5-17(23)12-19(16)24)8-3-11-27(15-22)20(28)7-6-18-14-25-9-10-26-18/h4-5,9-10,12,14H,2-3,6-8,11,13,15H2,1H3/t22-/m0/s1. The number of esters is 1. The Morgan fingerprint density at radius 1 is 1.27 bits per heavy atom. The molecular weight excluding hydrogens is 392 g/mol. The van der Waals surface area contributed by atoms with Gasteiger partial charge in [0.05, 0.1) is 17.7 Å². The maximum Gasteiger partial charge on any atom is 0.314 e. The number of hydrogen-bond acceptors (Lipinski definition) is 5. The fraction of sp³-hybridized carbons (Fsp3) is 0.455. The molecule has 0 N–H and O–H groups in total. The van der Waals surface area contributed by atoms with E-state index in [1.165, 1.54) is 12.1 Å². The van der Waals surface area contributed by atoms with E-state index in [1.807, 2.05) is 0 Å². The summed E-state index contributed by atoms with van der Waals surface area (Å²) >= 11 is 0. The summed E-state index contributed by atoms with van der Waals surface area (Å²) in [7, 11) is 0. The molecule has 1 amide bonds. The van der Waals surface area contributed by atoms with Gasteiger partial charge in [0.15, 0.2) is 0 Å². The molecule has 1 fully saturated rings. The third kappa shape index (κ3) is 5.17. The number of halogens is 2. The van der Waals surface area contributed by atoms with E-state index in [9.17, 15) is 18.4 Å². The fourth-order valence-electron chi connectivity index (χ4n) is 3.89. The van der Waals surface area contributed by atoms with Crippen LogP contribution in [-0.4, -0.2) is 46.4 Å². The monoisotopic (exact) mass is 417 g/mol. The van der Waals surface area contributed by atoms with Gasteiger partial charge >= 0.3 is 5.97 Å². The van der Waals surface area contributed by atoms with E-state index < -0.39 is 23.0 Å². The first kappa shape index (κ1) is 21.8. The highest BCUT2D eigenvalue weighted by Crippen LogP contribution is 2.36. The molecule has 0 radical (unpaired) electrons. The van der Waals surface area contributed by atoms with Crippen molar-refractivity contribution in [2.45, 2.75) is 39.0 Å². The Hall–Kier alpha value is -2.90. The Morgan fingerprint density at radius 2 is 2.10 bits per heavy atom. The first-order chi connectivity index (χ1) is 14.4. The van der Waals surface area contributed by atoms with Gasteiger partial charge in [0.1, 0.15) is 11.6 Å². The van der Waals surface area contributed by atoms with Gasteiger partial charge in [0, 0.05) is 44.2 Å². The van der Waals surface area contributed by atoms with Gasteiger partial charge in [-0.05, 0) is 44.2 Å². The highest BCUT2D eigenvalue weighted by atomic mass is 19.1. The number of nitrogens with zero attached hydrogens (tertiary/aromatic N) is 3. The van der Waals surface area contributed by atoms with Gasteiger partial charge in [-0.3, -0.25) is 19.6 Å². The summed E-state index contributed by atoms with van der Waals surface area (Å²) in [5.74, 6) is -1.94. The lowest BCUT2D eigenvalue weighted by atomic mass is 9.74. The molecule has 1 atom stereocenters. The van der Waals surface area contributed by atoms with Crippen molar-refractivity contribution in [3.8, 4) is 0 Å². The molecule has 1 aliphatic heterocycles. The number of benzene rings is 1. The molecule has 0 spiro atoms. The van der Waals surface area contributed by atoms with Gasteiger partial charge < -0.3 is 9.64 Å². The second kappa shape index (κ2) is 9.73. The van der Waals surface area contributed by atoms with Gasteiger partial charge in [0.25, 0.3) is 0 Å². The first-order valence-electron chi connectivity index (χ1n) is 10.1. The number of piperidine rings is 1. The minimum Gasteiger partial charge on any atom is -0.466 e. The number of ether oxygens (including phenoxy) is 1. The van der Waals surface area contributed by atoms with E-state index in [1.54, 1.807) is 30.4 Å². The molecule has 6 nitrogen and oxygen atoms in total. The van der Waals surface area contributed by atoms with Crippen LogP contribution in [0.15, 0.2) is 36.8 Å². The third-order valence-corrected chi connectivity index (χ3v) is 5.39. The molecule has 0 bridgehead atoms. The van der Waals surface area contributed by atoms with Crippen molar-refractivity contribution in [2.75, 3.05) is 19.7 Å². The summed E-state index contributed by atoms with van der Waals surface area (Å²) < 4.78 is 32.9. The van der Waals surface area contributed by atoms with Crippen LogP contribution in [0.2, 0.25) is 0 Å². The quantitative estimate of drug-likeness (QED) is 0.648. The minimum atomic E-state index is -1.06. The van der Waals surface area contributed by atoms with Crippen LogP contribution < -0.4 is 0 Å². The van der Waals surface area contributed by atoms with Crippen molar-refractivity contribution < 1.29 is 23.1 Å². The summed E-state index contributed by atoms with van der Waals surface area (Å²) in [5.41, 5.74) is -0.110. The summed E-state index contributed by atoms with van der Waals surface area (Å²) in [6.07, 6.45) is 6.55. The molecule has 8 heteroatoms. The SMILES string of the molecule is CCOC(=O)[C@]1(Cc2ccc(F)cc2F)CCCN(C(=O)CCc2cnccn2)C1. The van der Waals surface area contributed by atoms with E-state index in [-0.39, 0.29) is 37.5 Å². The maximum absolute atomic E-state index is 14.3. The van der Waals surface area contributed by atoms with Gasteiger partial charge in [-0.25, -0.2) is 8.78 Å². The molecule has 2 heterocycles. The van der Waals surface area contributed by atoms with Crippen molar-refractivity contribution >= 4 is 11.9 Å². The molecule has 0 aliphatic carbocycles. The fourth-order valence-corrected chi connectivity index (χ4v) is 3.89. The molecule has 1 aliphatic rings. The second-order valence-corrected chi connectivity index (χ2v) is 7.53. The van der Waals surface area contributed by atoms with E-state index >= 15 is 0 Å². The minimum absolute atomic E-state index is 0.0475. The number of aromatic nitrogens is 2. The Morgan fingerprint density at radius 3 is 2.80 bits per heavy atom. The third-order valence-electron chi connectivity index (χ3n) is 5.39. The second-order valence-electron chi connectivity index (χ2n) is 7.53. The Kier molecular flexibility index (Phi) is 7.07. The highest BCUT2D eigenvalue weighted by Gasteiger charge is 2.45.